The van der Waals surface area contributed by atoms with Crippen LogP contribution >= 0.6 is 0 Å². The number of cyclic esters (lactones) is 1. The molecular formula is C27H25NO5. The molecule has 0 aliphatic carbocycles. The molecule has 0 unspecified atom stereocenters. The molecule has 1 aliphatic heterocycles. The van der Waals surface area contributed by atoms with E-state index in [2.05, 4.69) is 4.99 Å². The second-order valence-corrected chi connectivity index (χ2v) is 7.21. The van der Waals surface area contributed by atoms with Crippen molar-refractivity contribution in [3.05, 3.63) is 95.2 Å². The fourth-order valence-electron chi connectivity index (χ4n) is 3.31. The maximum absolute atomic E-state index is 12.4. The highest BCUT2D eigenvalue weighted by molar-refractivity contribution is 6.13. The van der Waals surface area contributed by atoms with E-state index in [1.54, 1.807) is 24.3 Å². The average molecular weight is 443 g/mol. The molecule has 0 saturated carbocycles. The van der Waals surface area contributed by atoms with E-state index >= 15 is 0 Å². The van der Waals surface area contributed by atoms with E-state index in [1.807, 2.05) is 68.4 Å². The number of aliphatic imine (C=N–C) groups is 1. The molecule has 168 valence electrons. The first-order valence-electron chi connectivity index (χ1n) is 10.9. The molecule has 3 aromatic rings. The maximum Gasteiger partial charge on any atom is 0.363 e. The molecule has 6 heteroatoms. The van der Waals surface area contributed by atoms with Gasteiger partial charge in [0.15, 0.2) is 17.2 Å². The van der Waals surface area contributed by atoms with Gasteiger partial charge in [-0.15, -0.1) is 0 Å². The molecule has 0 atom stereocenters. The van der Waals surface area contributed by atoms with Crippen molar-refractivity contribution in [2.75, 3.05) is 13.2 Å². The average Bonchev–Trinajstić information content (AvgIpc) is 3.20. The van der Waals surface area contributed by atoms with Crippen LogP contribution in [-0.4, -0.2) is 25.1 Å². The first-order chi connectivity index (χ1) is 16.2. The van der Waals surface area contributed by atoms with Crippen LogP contribution in [0.25, 0.3) is 6.08 Å². The number of benzene rings is 3. The Labute approximate surface area is 193 Å². The summed E-state index contributed by atoms with van der Waals surface area (Å²) in [6.45, 7) is 5.28. The Morgan fingerprint density at radius 2 is 1.64 bits per heavy atom. The number of carbonyl (C=O) groups excluding carboxylic acids is 1. The highest BCUT2D eigenvalue weighted by atomic mass is 16.6. The molecule has 0 N–H and O–H groups in total. The predicted octanol–water partition coefficient (Wildman–Crippen LogP) is 5.41. The van der Waals surface area contributed by atoms with Crippen LogP contribution in [0.1, 0.15) is 30.5 Å². The van der Waals surface area contributed by atoms with Crippen molar-refractivity contribution in [3.63, 3.8) is 0 Å². The third-order valence-electron chi connectivity index (χ3n) is 4.82. The Bertz CT molecular complexity index is 1180. The van der Waals surface area contributed by atoms with Gasteiger partial charge in [0.1, 0.15) is 12.4 Å². The van der Waals surface area contributed by atoms with Crippen LogP contribution in [0.3, 0.4) is 0 Å². The van der Waals surface area contributed by atoms with Crippen molar-refractivity contribution in [2.24, 2.45) is 4.99 Å². The molecule has 1 aliphatic rings. The van der Waals surface area contributed by atoms with Crippen LogP contribution in [-0.2, 0) is 16.1 Å². The van der Waals surface area contributed by atoms with E-state index in [1.165, 1.54) is 0 Å². The third-order valence-corrected chi connectivity index (χ3v) is 4.82. The molecule has 0 fully saturated rings. The minimum atomic E-state index is -0.507. The normalized spacial score (nSPS) is 14.1. The summed E-state index contributed by atoms with van der Waals surface area (Å²) >= 11 is 0. The van der Waals surface area contributed by atoms with E-state index in [9.17, 15) is 4.79 Å². The topological polar surface area (TPSA) is 66.4 Å². The number of carbonyl (C=O) groups is 1. The first kappa shape index (κ1) is 22.1. The zero-order valence-electron chi connectivity index (χ0n) is 18.6. The quantitative estimate of drug-likeness (QED) is 0.327. The number of hydrogen-bond donors (Lipinski definition) is 0. The van der Waals surface area contributed by atoms with Gasteiger partial charge < -0.3 is 18.9 Å². The standard InChI is InChI=1S/C27H25NO5/c1-3-30-24-14-13-21(17-25(24)31-4-2)26-28-23(27(29)33-26)16-20-11-8-12-22(15-20)32-18-19-9-6-5-7-10-19/h5-17H,3-4,18H2,1-2H3. The minimum Gasteiger partial charge on any atom is -0.490 e. The SMILES string of the molecule is CCOc1ccc(C2=NC(=Cc3cccc(OCc4ccccc4)c3)C(=O)O2)cc1OCC. The smallest absolute Gasteiger partial charge is 0.363 e. The maximum atomic E-state index is 12.4. The zero-order chi connectivity index (χ0) is 23.0. The van der Waals surface area contributed by atoms with Crippen LogP contribution in [0.4, 0.5) is 0 Å². The van der Waals surface area contributed by atoms with E-state index in [0.717, 1.165) is 11.1 Å². The van der Waals surface area contributed by atoms with E-state index in [0.29, 0.717) is 42.6 Å². The van der Waals surface area contributed by atoms with Crippen LogP contribution in [0.5, 0.6) is 17.2 Å². The molecular weight excluding hydrogens is 418 g/mol. The fraction of sp³-hybridized carbons (Fsp3) is 0.185. The van der Waals surface area contributed by atoms with Gasteiger partial charge in [-0.25, -0.2) is 9.79 Å². The van der Waals surface area contributed by atoms with E-state index in [4.69, 9.17) is 18.9 Å². The van der Waals surface area contributed by atoms with Crippen molar-refractivity contribution in [2.45, 2.75) is 20.5 Å². The van der Waals surface area contributed by atoms with E-state index in [-0.39, 0.29) is 11.6 Å². The lowest BCUT2D eigenvalue weighted by Gasteiger charge is -2.11. The number of esters is 1. The molecule has 6 nitrogen and oxygen atoms in total. The third kappa shape index (κ3) is 5.60. The van der Waals surface area contributed by atoms with Gasteiger partial charge in [0, 0.05) is 5.56 Å². The number of nitrogens with zero attached hydrogens (tertiary/aromatic N) is 1. The first-order valence-corrected chi connectivity index (χ1v) is 10.9. The Morgan fingerprint density at radius 3 is 2.42 bits per heavy atom. The monoisotopic (exact) mass is 443 g/mol. The zero-order valence-corrected chi connectivity index (χ0v) is 18.6. The van der Waals surface area contributed by atoms with E-state index < -0.39 is 5.97 Å². The summed E-state index contributed by atoms with van der Waals surface area (Å²) in [5, 5.41) is 0. The molecule has 4 rings (SSSR count). The summed E-state index contributed by atoms with van der Waals surface area (Å²) in [5.74, 6) is 1.64. The lowest BCUT2D eigenvalue weighted by molar-refractivity contribution is -0.129. The lowest BCUT2D eigenvalue weighted by Crippen LogP contribution is -2.06. The second-order valence-electron chi connectivity index (χ2n) is 7.21. The van der Waals surface area contributed by atoms with Crippen LogP contribution in [0.15, 0.2) is 83.5 Å². The van der Waals surface area contributed by atoms with Gasteiger partial charge >= 0.3 is 5.97 Å². The number of hydrogen-bond acceptors (Lipinski definition) is 6. The lowest BCUT2D eigenvalue weighted by atomic mass is 10.2. The van der Waals surface area contributed by atoms with Gasteiger partial charge in [-0.2, -0.15) is 0 Å². The van der Waals surface area contributed by atoms with Gasteiger partial charge in [-0.05, 0) is 61.4 Å². The molecule has 33 heavy (non-hydrogen) atoms. The molecule has 0 bridgehead atoms. The summed E-state index contributed by atoms with van der Waals surface area (Å²) in [7, 11) is 0. The summed E-state index contributed by atoms with van der Waals surface area (Å²) in [4.78, 5) is 16.8. The molecule has 0 spiro atoms. The summed E-state index contributed by atoms with van der Waals surface area (Å²) in [6, 6.07) is 22.8. The highest BCUT2D eigenvalue weighted by Crippen LogP contribution is 2.30. The predicted molar refractivity (Wildman–Crippen MR) is 127 cm³/mol. The molecule has 0 radical (unpaired) electrons. The Kier molecular flexibility index (Phi) is 7.05. The number of rotatable bonds is 9. The van der Waals surface area contributed by atoms with Crippen molar-refractivity contribution in [1.82, 2.24) is 0 Å². The van der Waals surface area contributed by atoms with Crippen molar-refractivity contribution < 1.29 is 23.7 Å². The van der Waals surface area contributed by atoms with Crippen molar-refractivity contribution in [3.8, 4) is 17.2 Å². The molecule has 0 saturated heterocycles. The largest absolute Gasteiger partial charge is 0.490 e. The van der Waals surface area contributed by atoms with Gasteiger partial charge in [0.25, 0.3) is 0 Å². The molecule has 1 heterocycles. The summed E-state index contributed by atoms with van der Waals surface area (Å²) < 4.78 is 22.5. The van der Waals surface area contributed by atoms with Gasteiger partial charge in [-0.1, -0.05) is 42.5 Å². The summed E-state index contributed by atoms with van der Waals surface area (Å²) in [5.41, 5.74) is 2.73. The van der Waals surface area contributed by atoms with Gasteiger partial charge in [0.2, 0.25) is 5.90 Å². The Hall–Kier alpha value is -4.06. The minimum absolute atomic E-state index is 0.219. The highest BCUT2D eigenvalue weighted by Gasteiger charge is 2.25. The van der Waals surface area contributed by atoms with Crippen molar-refractivity contribution in [1.29, 1.82) is 0 Å². The molecule has 0 amide bonds. The summed E-state index contributed by atoms with van der Waals surface area (Å²) in [6.07, 6.45) is 1.68. The van der Waals surface area contributed by atoms with Crippen LogP contribution < -0.4 is 14.2 Å². The Balaban J connectivity index is 1.53. The van der Waals surface area contributed by atoms with Crippen LogP contribution in [0, 0.1) is 0 Å². The van der Waals surface area contributed by atoms with Crippen molar-refractivity contribution >= 4 is 17.9 Å². The van der Waals surface area contributed by atoms with Gasteiger partial charge in [-0.3, -0.25) is 0 Å². The van der Waals surface area contributed by atoms with Crippen LogP contribution in [0.2, 0.25) is 0 Å². The molecule has 0 aromatic heterocycles. The fourth-order valence-corrected chi connectivity index (χ4v) is 3.31. The van der Waals surface area contributed by atoms with Gasteiger partial charge in [0.05, 0.1) is 13.2 Å². The molecule has 3 aromatic carbocycles. The second kappa shape index (κ2) is 10.5. The Morgan fingerprint density at radius 1 is 0.848 bits per heavy atom. The number of ether oxygens (including phenoxy) is 4.